The van der Waals surface area contributed by atoms with E-state index in [-0.39, 0.29) is 12.5 Å². The first-order valence-electron chi connectivity index (χ1n) is 10.3. The number of ether oxygens (including phenoxy) is 2. The van der Waals surface area contributed by atoms with E-state index in [2.05, 4.69) is 6.07 Å². The third-order valence-electron chi connectivity index (χ3n) is 4.92. The fourth-order valence-electron chi connectivity index (χ4n) is 3.52. The molecule has 32 heavy (non-hydrogen) atoms. The summed E-state index contributed by atoms with van der Waals surface area (Å²) in [7, 11) is 3.04. The molecule has 1 amide bonds. The second-order valence-electron chi connectivity index (χ2n) is 8.55. The molecular weight excluding hydrogens is 406 g/mol. The Kier molecular flexibility index (Phi) is 6.54. The summed E-state index contributed by atoms with van der Waals surface area (Å²) in [6.45, 7) is 5.91. The zero-order valence-corrected chi connectivity index (χ0v) is 19.0. The summed E-state index contributed by atoms with van der Waals surface area (Å²) < 4.78 is 12.3. The second kappa shape index (κ2) is 9.15. The molecule has 3 aromatic rings. The number of carbonyl (C=O) groups excluding carboxylic acids is 2. The largest absolute Gasteiger partial charge is 0.465 e. The summed E-state index contributed by atoms with van der Waals surface area (Å²) in [5.74, 6) is -0.437. The van der Waals surface area contributed by atoms with Crippen LogP contribution in [0.1, 0.15) is 42.3 Å². The van der Waals surface area contributed by atoms with E-state index in [0.29, 0.717) is 12.1 Å². The molecule has 2 aromatic carbocycles. The molecule has 0 atom stereocenters. The van der Waals surface area contributed by atoms with E-state index in [1.807, 2.05) is 61.9 Å². The Morgan fingerprint density at radius 2 is 1.81 bits per heavy atom. The average Bonchev–Trinajstić information content (AvgIpc) is 3.11. The molecule has 0 saturated carbocycles. The Morgan fingerprint density at radius 3 is 2.41 bits per heavy atom. The van der Waals surface area contributed by atoms with Crippen LogP contribution in [0.2, 0.25) is 0 Å². The minimum atomic E-state index is -0.547. The fourth-order valence-corrected chi connectivity index (χ4v) is 3.52. The maximum Gasteiger partial charge on any atom is 0.410 e. The molecule has 7 nitrogen and oxygen atoms in total. The number of esters is 1. The van der Waals surface area contributed by atoms with Crippen molar-refractivity contribution < 1.29 is 19.1 Å². The van der Waals surface area contributed by atoms with Gasteiger partial charge in [0.2, 0.25) is 0 Å². The van der Waals surface area contributed by atoms with Gasteiger partial charge in [-0.05, 0) is 56.2 Å². The molecule has 0 aliphatic carbocycles. The topological polar surface area (TPSA) is 84.6 Å². The first kappa shape index (κ1) is 22.9. The molecule has 0 spiro atoms. The Balaban J connectivity index is 1.92. The highest BCUT2D eigenvalue weighted by Crippen LogP contribution is 2.29. The van der Waals surface area contributed by atoms with Crippen LogP contribution in [0.15, 0.2) is 48.7 Å². The van der Waals surface area contributed by atoms with Crippen LogP contribution in [0.3, 0.4) is 0 Å². The Hall–Kier alpha value is -3.79. The normalized spacial score (nSPS) is 11.1. The summed E-state index contributed by atoms with van der Waals surface area (Å²) in [6.07, 6.45) is 1.67. The number of rotatable bonds is 5. The number of methoxy groups -OCH3 is 1. The van der Waals surface area contributed by atoms with Gasteiger partial charge < -0.3 is 18.9 Å². The van der Waals surface area contributed by atoms with Crippen LogP contribution in [0.4, 0.5) is 4.79 Å². The fraction of sp³-hybridized carbons (Fsp3) is 0.320. The summed E-state index contributed by atoms with van der Waals surface area (Å²) in [5, 5.41) is 9.98. The van der Waals surface area contributed by atoms with Gasteiger partial charge in [-0.2, -0.15) is 5.26 Å². The van der Waals surface area contributed by atoms with E-state index in [1.54, 1.807) is 19.2 Å². The molecule has 0 radical (unpaired) electrons. The predicted octanol–water partition coefficient (Wildman–Crippen LogP) is 4.85. The number of nitrogens with zero attached hydrogens (tertiary/aromatic N) is 3. The van der Waals surface area contributed by atoms with Gasteiger partial charge >= 0.3 is 12.1 Å². The lowest BCUT2D eigenvalue weighted by Crippen LogP contribution is -2.33. The van der Waals surface area contributed by atoms with Crippen LogP contribution < -0.4 is 0 Å². The summed E-state index contributed by atoms with van der Waals surface area (Å²) in [4.78, 5) is 26.0. The van der Waals surface area contributed by atoms with Crippen molar-refractivity contribution in [2.24, 2.45) is 0 Å². The zero-order valence-electron chi connectivity index (χ0n) is 19.0. The predicted molar refractivity (Wildman–Crippen MR) is 122 cm³/mol. The second-order valence-corrected chi connectivity index (χ2v) is 8.55. The standard InChI is InChI=1S/C25H27N3O4/c1-25(2,3)32-24(30)27(4)15-17-9-11-19(12-10-17)28-16-18(13-14-26)22-20(23(29)31-5)7-6-8-21(22)28/h6-12,16H,13,15H2,1-5H3. The average molecular weight is 434 g/mol. The van der Waals surface area contributed by atoms with Gasteiger partial charge in [-0.15, -0.1) is 0 Å². The SMILES string of the molecule is COC(=O)c1cccc2c1c(CC#N)cn2-c1ccc(CN(C)C(=O)OC(C)(C)C)cc1. The lowest BCUT2D eigenvalue weighted by molar-refractivity contribution is 0.0285. The highest BCUT2D eigenvalue weighted by atomic mass is 16.6. The molecule has 166 valence electrons. The monoisotopic (exact) mass is 433 g/mol. The van der Waals surface area contributed by atoms with Crippen LogP contribution in [-0.2, 0) is 22.4 Å². The van der Waals surface area contributed by atoms with Crippen LogP contribution in [0.25, 0.3) is 16.6 Å². The minimum absolute atomic E-state index is 0.177. The van der Waals surface area contributed by atoms with Gasteiger partial charge in [-0.1, -0.05) is 18.2 Å². The Morgan fingerprint density at radius 1 is 1.12 bits per heavy atom. The van der Waals surface area contributed by atoms with E-state index >= 15 is 0 Å². The Bertz CT molecular complexity index is 1180. The van der Waals surface area contributed by atoms with Crippen molar-refractivity contribution in [1.29, 1.82) is 5.26 Å². The van der Waals surface area contributed by atoms with Crippen molar-refractivity contribution in [3.8, 4) is 11.8 Å². The number of amides is 1. The van der Waals surface area contributed by atoms with Gasteiger partial charge in [-0.3, -0.25) is 0 Å². The first-order chi connectivity index (χ1) is 15.1. The number of fused-ring (bicyclic) bond motifs is 1. The molecule has 3 rings (SSSR count). The van der Waals surface area contributed by atoms with E-state index in [4.69, 9.17) is 9.47 Å². The van der Waals surface area contributed by atoms with Crippen LogP contribution in [-0.4, -0.2) is 41.3 Å². The molecule has 0 saturated heterocycles. The molecule has 1 aromatic heterocycles. The van der Waals surface area contributed by atoms with Gasteiger partial charge in [0.25, 0.3) is 0 Å². The highest BCUT2D eigenvalue weighted by Gasteiger charge is 2.20. The molecule has 0 unspecified atom stereocenters. The van der Waals surface area contributed by atoms with E-state index in [9.17, 15) is 14.9 Å². The van der Waals surface area contributed by atoms with Crippen LogP contribution in [0, 0.1) is 11.3 Å². The number of aromatic nitrogens is 1. The molecular formula is C25H27N3O4. The molecule has 0 aliphatic heterocycles. The lowest BCUT2D eigenvalue weighted by atomic mass is 10.0. The highest BCUT2D eigenvalue weighted by molar-refractivity contribution is 6.05. The summed E-state index contributed by atoms with van der Waals surface area (Å²) in [5.41, 5.74) is 3.30. The van der Waals surface area contributed by atoms with Crippen molar-refractivity contribution in [3.63, 3.8) is 0 Å². The zero-order chi connectivity index (χ0) is 23.5. The maximum absolute atomic E-state index is 12.3. The van der Waals surface area contributed by atoms with Crippen molar-refractivity contribution in [2.45, 2.75) is 39.3 Å². The van der Waals surface area contributed by atoms with Crippen molar-refractivity contribution in [3.05, 3.63) is 65.4 Å². The van der Waals surface area contributed by atoms with Crippen molar-refractivity contribution >= 4 is 23.0 Å². The molecule has 1 heterocycles. The molecule has 0 N–H and O–H groups in total. The third-order valence-corrected chi connectivity index (χ3v) is 4.92. The van der Waals surface area contributed by atoms with Gasteiger partial charge in [0, 0.05) is 30.9 Å². The van der Waals surface area contributed by atoms with Crippen molar-refractivity contribution in [1.82, 2.24) is 9.47 Å². The van der Waals surface area contributed by atoms with Crippen LogP contribution in [0.5, 0.6) is 0 Å². The van der Waals surface area contributed by atoms with Crippen LogP contribution >= 0.6 is 0 Å². The maximum atomic E-state index is 12.3. The van der Waals surface area contributed by atoms with Gasteiger partial charge in [-0.25, -0.2) is 9.59 Å². The van der Waals surface area contributed by atoms with Gasteiger partial charge in [0.05, 0.1) is 30.7 Å². The van der Waals surface area contributed by atoms with E-state index in [1.165, 1.54) is 12.0 Å². The van der Waals surface area contributed by atoms with Crippen molar-refractivity contribution in [2.75, 3.05) is 14.2 Å². The van der Waals surface area contributed by atoms with Gasteiger partial charge in [0.1, 0.15) is 5.60 Å². The molecule has 0 bridgehead atoms. The number of benzene rings is 2. The van der Waals surface area contributed by atoms with Gasteiger partial charge in [0.15, 0.2) is 0 Å². The van der Waals surface area contributed by atoms with E-state index < -0.39 is 11.6 Å². The quantitative estimate of drug-likeness (QED) is 0.537. The first-order valence-corrected chi connectivity index (χ1v) is 10.3. The Labute approximate surface area is 187 Å². The molecule has 0 aliphatic rings. The number of hydrogen-bond donors (Lipinski definition) is 0. The number of carbonyl (C=O) groups is 2. The van der Waals surface area contributed by atoms with E-state index in [0.717, 1.165) is 27.7 Å². The third kappa shape index (κ3) is 4.92. The summed E-state index contributed by atoms with van der Waals surface area (Å²) >= 11 is 0. The lowest BCUT2D eigenvalue weighted by Gasteiger charge is -2.24. The smallest absolute Gasteiger partial charge is 0.410 e. The number of hydrogen-bond acceptors (Lipinski definition) is 5. The summed E-state index contributed by atoms with van der Waals surface area (Å²) in [6, 6.07) is 15.3. The molecule has 7 heteroatoms. The number of nitriles is 1. The minimum Gasteiger partial charge on any atom is -0.465 e. The molecule has 0 fully saturated rings.